The van der Waals surface area contributed by atoms with Crippen LogP contribution in [0, 0.1) is 0 Å². The third kappa shape index (κ3) is 5.84. The summed E-state index contributed by atoms with van der Waals surface area (Å²) in [5.74, 6) is 1.11. The number of ether oxygens (including phenoxy) is 2. The normalized spacial score (nSPS) is 11.4. The molecule has 2 aromatic rings. The minimum Gasteiger partial charge on any atom is -0.490 e. The molecule has 0 atom stereocenters. The van der Waals surface area contributed by atoms with Gasteiger partial charge in [-0.25, -0.2) is 5.43 Å². The lowest BCUT2D eigenvalue weighted by Crippen LogP contribution is -2.18. The molecular weight excluding hydrogens is 340 g/mol. The molecule has 0 unspecified atom stereocenters. The maximum Gasteiger partial charge on any atom is 0.271 e. The number of hydrazone groups is 1. The summed E-state index contributed by atoms with van der Waals surface area (Å²) < 4.78 is 11.1. The molecule has 27 heavy (non-hydrogen) atoms. The number of carbonyl (C=O) groups excluding carboxylic acids is 1. The molecule has 2 rings (SSSR count). The molecule has 5 heteroatoms. The molecule has 1 amide bonds. The Balaban J connectivity index is 2.04. The monoisotopic (exact) mass is 368 g/mol. The van der Waals surface area contributed by atoms with Crippen LogP contribution in [-0.4, -0.2) is 25.3 Å². The second kappa shape index (κ2) is 9.21. The number of nitrogens with one attached hydrogen (secondary N) is 1. The highest BCUT2D eigenvalue weighted by molar-refractivity contribution is 5.95. The Morgan fingerprint density at radius 2 is 1.63 bits per heavy atom. The second-order valence-electron chi connectivity index (χ2n) is 7.10. The van der Waals surface area contributed by atoms with E-state index < -0.39 is 0 Å². The van der Waals surface area contributed by atoms with Crippen molar-refractivity contribution in [3.63, 3.8) is 0 Å². The Labute approximate surface area is 161 Å². The van der Waals surface area contributed by atoms with Gasteiger partial charge in [0.05, 0.1) is 19.4 Å². The van der Waals surface area contributed by atoms with Crippen molar-refractivity contribution in [3.8, 4) is 11.5 Å². The van der Waals surface area contributed by atoms with Gasteiger partial charge in [0.25, 0.3) is 5.91 Å². The van der Waals surface area contributed by atoms with Crippen LogP contribution in [-0.2, 0) is 5.41 Å². The van der Waals surface area contributed by atoms with E-state index in [1.165, 1.54) is 5.56 Å². The Morgan fingerprint density at radius 3 is 2.22 bits per heavy atom. The molecule has 0 radical (unpaired) electrons. The molecule has 0 aromatic heterocycles. The van der Waals surface area contributed by atoms with Gasteiger partial charge in [-0.15, -0.1) is 0 Å². The van der Waals surface area contributed by atoms with Gasteiger partial charge < -0.3 is 9.47 Å². The third-order valence-corrected chi connectivity index (χ3v) is 3.96. The van der Waals surface area contributed by atoms with Crippen LogP contribution >= 0.6 is 0 Å². The van der Waals surface area contributed by atoms with E-state index in [4.69, 9.17) is 9.47 Å². The number of rotatable bonds is 7. The third-order valence-electron chi connectivity index (χ3n) is 3.96. The fourth-order valence-electron chi connectivity index (χ4n) is 2.50. The van der Waals surface area contributed by atoms with Crippen LogP contribution in [0.15, 0.2) is 47.6 Å². The summed E-state index contributed by atoms with van der Waals surface area (Å²) in [6.45, 7) is 11.4. The van der Waals surface area contributed by atoms with E-state index in [2.05, 4.69) is 31.3 Å². The minimum absolute atomic E-state index is 0.0546. The molecule has 0 spiro atoms. The number of carbonyl (C=O) groups is 1. The van der Waals surface area contributed by atoms with Crippen molar-refractivity contribution in [2.24, 2.45) is 5.10 Å². The van der Waals surface area contributed by atoms with Gasteiger partial charge in [-0.1, -0.05) is 32.9 Å². The smallest absolute Gasteiger partial charge is 0.271 e. The summed E-state index contributed by atoms with van der Waals surface area (Å²) in [4.78, 5) is 12.2. The lowest BCUT2D eigenvalue weighted by molar-refractivity contribution is 0.0955. The summed E-state index contributed by atoms with van der Waals surface area (Å²) >= 11 is 0. The number of benzene rings is 2. The molecule has 0 aliphatic heterocycles. The predicted octanol–water partition coefficient (Wildman–Crippen LogP) is 4.55. The SMILES string of the molecule is CCOc1ccc(/C=N\NC(=O)c2ccc(C(C)(C)C)cc2)cc1OCC. The van der Waals surface area contributed by atoms with E-state index in [1.54, 1.807) is 6.21 Å². The lowest BCUT2D eigenvalue weighted by Gasteiger charge is -2.18. The molecular formula is C22H28N2O3. The molecule has 0 aliphatic rings. The highest BCUT2D eigenvalue weighted by Gasteiger charge is 2.14. The first-order valence-corrected chi connectivity index (χ1v) is 9.18. The van der Waals surface area contributed by atoms with Crippen LogP contribution < -0.4 is 14.9 Å². The summed E-state index contributed by atoms with van der Waals surface area (Å²) in [5.41, 5.74) is 5.17. The Bertz CT molecular complexity index is 790. The van der Waals surface area contributed by atoms with Crippen LogP contribution in [0.2, 0.25) is 0 Å². The molecule has 2 aromatic carbocycles. The first-order valence-electron chi connectivity index (χ1n) is 9.18. The Kier molecular flexibility index (Phi) is 6.99. The number of amides is 1. The van der Waals surface area contributed by atoms with Gasteiger partial charge in [0.1, 0.15) is 0 Å². The maximum atomic E-state index is 12.2. The molecule has 0 heterocycles. The second-order valence-corrected chi connectivity index (χ2v) is 7.10. The van der Waals surface area contributed by atoms with E-state index in [-0.39, 0.29) is 11.3 Å². The van der Waals surface area contributed by atoms with Crippen molar-refractivity contribution in [2.75, 3.05) is 13.2 Å². The topological polar surface area (TPSA) is 59.9 Å². The van der Waals surface area contributed by atoms with Crippen molar-refractivity contribution < 1.29 is 14.3 Å². The molecule has 0 fully saturated rings. The van der Waals surface area contributed by atoms with Crippen LogP contribution in [0.25, 0.3) is 0 Å². The van der Waals surface area contributed by atoms with Crippen molar-refractivity contribution in [2.45, 2.75) is 40.0 Å². The van der Waals surface area contributed by atoms with E-state index in [1.807, 2.05) is 56.3 Å². The highest BCUT2D eigenvalue weighted by atomic mass is 16.5. The van der Waals surface area contributed by atoms with E-state index in [0.717, 1.165) is 5.56 Å². The van der Waals surface area contributed by atoms with Gasteiger partial charge in [0.2, 0.25) is 0 Å². The number of hydrogen-bond donors (Lipinski definition) is 1. The summed E-state index contributed by atoms with van der Waals surface area (Å²) in [5, 5.41) is 4.05. The molecule has 144 valence electrons. The first kappa shape index (κ1) is 20.5. The van der Waals surface area contributed by atoms with Crippen LogP contribution in [0.5, 0.6) is 11.5 Å². The van der Waals surface area contributed by atoms with Gasteiger partial charge in [-0.05, 0) is 60.7 Å². The van der Waals surface area contributed by atoms with Gasteiger partial charge in [0, 0.05) is 5.56 Å². The van der Waals surface area contributed by atoms with Crippen molar-refractivity contribution >= 4 is 12.1 Å². The fraction of sp³-hybridized carbons (Fsp3) is 0.364. The van der Waals surface area contributed by atoms with E-state index >= 15 is 0 Å². The average Bonchev–Trinajstić information content (AvgIpc) is 2.63. The molecule has 0 aliphatic carbocycles. The maximum absolute atomic E-state index is 12.2. The largest absolute Gasteiger partial charge is 0.490 e. The van der Waals surface area contributed by atoms with Gasteiger partial charge in [0.15, 0.2) is 11.5 Å². The van der Waals surface area contributed by atoms with E-state index in [9.17, 15) is 4.79 Å². The summed E-state index contributed by atoms with van der Waals surface area (Å²) in [6.07, 6.45) is 1.58. The quantitative estimate of drug-likeness (QED) is 0.576. The van der Waals surface area contributed by atoms with Gasteiger partial charge in [-0.3, -0.25) is 4.79 Å². The molecule has 0 saturated carbocycles. The zero-order valence-corrected chi connectivity index (χ0v) is 16.7. The molecule has 1 N–H and O–H groups in total. The predicted molar refractivity (Wildman–Crippen MR) is 109 cm³/mol. The van der Waals surface area contributed by atoms with E-state index in [0.29, 0.717) is 30.3 Å². The molecule has 0 saturated heterocycles. The number of nitrogens with zero attached hydrogens (tertiary/aromatic N) is 1. The molecule has 5 nitrogen and oxygen atoms in total. The Morgan fingerprint density at radius 1 is 1.00 bits per heavy atom. The number of hydrogen-bond acceptors (Lipinski definition) is 4. The lowest BCUT2D eigenvalue weighted by atomic mass is 9.87. The van der Waals surface area contributed by atoms with Crippen LogP contribution in [0.4, 0.5) is 0 Å². The Hall–Kier alpha value is -2.82. The highest BCUT2D eigenvalue weighted by Crippen LogP contribution is 2.28. The standard InChI is InChI=1S/C22H28N2O3/c1-6-26-19-13-8-16(14-20(19)27-7-2)15-23-24-21(25)17-9-11-18(12-10-17)22(3,4)5/h8-15H,6-7H2,1-5H3,(H,24,25)/b23-15-. The molecule has 0 bridgehead atoms. The van der Waals surface area contributed by atoms with Crippen molar-refractivity contribution in [1.29, 1.82) is 0 Å². The fourth-order valence-corrected chi connectivity index (χ4v) is 2.50. The summed E-state index contributed by atoms with van der Waals surface area (Å²) in [7, 11) is 0. The van der Waals surface area contributed by atoms with Crippen molar-refractivity contribution in [1.82, 2.24) is 5.43 Å². The average molecular weight is 368 g/mol. The van der Waals surface area contributed by atoms with Gasteiger partial charge >= 0.3 is 0 Å². The van der Waals surface area contributed by atoms with Crippen LogP contribution in [0.3, 0.4) is 0 Å². The van der Waals surface area contributed by atoms with Crippen LogP contribution in [0.1, 0.15) is 56.1 Å². The first-order chi connectivity index (χ1) is 12.8. The van der Waals surface area contributed by atoms with Gasteiger partial charge in [-0.2, -0.15) is 5.10 Å². The summed E-state index contributed by atoms with van der Waals surface area (Å²) in [6, 6.07) is 13.1. The zero-order valence-electron chi connectivity index (χ0n) is 16.7. The van der Waals surface area contributed by atoms with Crippen molar-refractivity contribution in [3.05, 3.63) is 59.2 Å². The zero-order chi connectivity index (χ0) is 19.9. The minimum atomic E-state index is -0.248.